The maximum Gasteiger partial charge on any atom is 0.239 e. The number of carbonyl (C=O) groups is 1. The molecule has 1 aliphatic rings. The fraction of sp³-hybridized carbons (Fsp3) is 0.500. The minimum atomic E-state index is -0.0128. The van der Waals surface area contributed by atoms with Gasteiger partial charge in [-0.2, -0.15) is 10.1 Å². The molecule has 1 aliphatic heterocycles. The van der Waals surface area contributed by atoms with E-state index in [4.69, 9.17) is 4.52 Å². The van der Waals surface area contributed by atoms with E-state index in [-0.39, 0.29) is 11.9 Å². The quantitative estimate of drug-likeness (QED) is 0.520. The third-order valence-electron chi connectivity index (χ3n) is 5.69. The van der Waals surface area contributed by atoms with Gasteiger partial charge in [-0.1, -0.05) is 17.3 Å². The molecule has 1 atom stereocenters. The van der Waals surface area contributed by atoms with Crippen LogP contribution in [0.5, 0.6) is 0 Å². The molecule has 1 amide bonds. The third-order valence-corrected chi connectivity index (χ3v) is 5.69. The zero-order valence-electron chi connectivity index (χ0n) is 18.6. The number of hydrogen-bond donors (Lipinski definition) is 2. The number of carbonyl (C=O) groups excluding carboxylic acids is 1. The van der Waals surface area contributed by atoms with Gasteiger partial charge in [-0.15, -0.1) is 0 Å². The molecule has 1 aromatic carbocycles. The molecule has 3 aromatic rings. The molecule has 1 unspecified atom stereocenters. The van der Waals surface area contributed by atoms with Gasteiger partial charge in [0.05, 0.1) is 0 Å². The molecule has 170 valence electrons. The number of aromatic amines is 1. The molecular weight excluding hydrogens is 408 g/mol. The van der Waals surface area contributed by atoms with Crippen molar-refractivity contribution in [3.8, 4) is 11.6 Å². The van der Waals surface area contributed by atoms with Crippen LogP contribution in [0.3, 0.4) is 0 Å². The average Bonchev–Trinajstić information content (AvgIpc) is 3.49. The fourth-order valence-electron chi connectivity index (χ4n) is 3.84. The number of aryl methyl sites for hydroxylation is 2. The number of piperazine rings is 1. The van der Waals surface area contributed by atoms with Crippen molar-refractivity contribution < 1.29 is 9.32 Å². The molecule has 0 bridgehead atoms. The Labute approximate surface area is 187 Å². The summed E-state index contributed by atoms with van der Waals surface area (Å²) in [5.74, 6) is 1.18. The summed E-state index contributed by atoms with van der Waals surface area (Å²) in [7, 11) is 0. The fourth-order valence-corrected chi connectivity index (χ4v) is 3.84. The summed E-state index contributed by atoms with van der Waals surface area (Å²) in [5, 5.41) is 13.4. The molecule has 0 spiro atoms. The van der Waals surface area contributed by atoms with E-state index in [0.717, 1.165) is 39.1 Å². The lowest BCUT2D eigenvalue weighted by Crippen LogP contribution is -2.47. The van der Waals surface area contributed by atoms with Crippen LogP contribution in [0.1, 0.15) is 31.2 Å². The Balaban J connectivity index is 1.13. The van der Waals surface area contributed by atoms with Gasteiger partial charge in [-0.3, -0.25) is 14.8 Å². The lowest BCUT2D eigenvalue weighted by atomic mass is 10.1. The van der Waals surface area contributed by atoms with Gasteiger partial charge >= 0.3 is 0 Å². The maximum atomic E-state index is 12.3. The molecule has 0 saturated carbocycles. The normalized spacial score (nSPS) is 15.6. The summed E-state index contributed by atoms with van der Waals surface area (Å²) in [6.45, 7) is 9.31. The van der Waals surface area contributed by atoms with Crippen LogP contribution in [0.2, 0.25) is 0 Å². The van der Waals surface area contributed by atoms with Crippen molar-refractivity contribution in [1.29, 1.82) is 0 Å². The molecule has 10 heteroatoms. The lowest BCUT2D eigenvalue weighted by Gasteiger charge is -2.36. The SMILES string of the molecule is Cc1cccc(N2CCN(CCC(C)NC(=O)CCc3nc(-c4ncn[nH]4)no3)CC2)c1. The lowest BCUT2D eigenvalue weighted by molar-refractivity contribution is -0.121. The van der Waals surface area contributed by atoms with Crippen LogP contribution >= 0.6 is 0 Å². The largest absolute Gasteiger partial charge is 0.369 e. The predicted octanol–water partition coefficient (Wildman–Crippen LogP) is 1.81. The smallest absolute Gasteiger partial charge is 0.239 e. The van der Waals surface area contributed by atoms with E-state index in [9.17, 15) is 4.79 Å². The predicted molar refractivity (Wildman–Crippen MR) is 120 cm³/mol. The van der Waals surface area contributed by atoms with Crippen LogP contribution in [0.25, 0.3) is 11.6 Å². The van der Waals surface area contributed by atoms with Gasteiger partial charge in [0, 0.05) is 57.3 Å². The van der Waals surface area contributed by atoms with Crippen molar-refractivity contribution in [3.63, 3.8) is 0 Å². The Hall–Kier alpha value is -3.27. The van der Waals surface area contributed by atoms with Crippen LogP contribution in [-0.4, -0.2) is 74.9 Å². The topological polar surface area (TPSA) is 116 Å². The zero-order chi connectivity index (χ0) is 22.3. The van der Waals surface area contributed by atoms with Crippen molar-refractivity contribution in [1.82, 2.24) is 35.5 Å². The van der Waals surface area contributed by atoms with Crippen molar-refractivity contribution in [2.45, 2.75) is 39.2 Å². The second-order valence-corrected chi connectivity index (χ2v) is 8.27. The number of aromatic nitrogens is 5. The van der Waals surface area contributed by atoms with Gasteiger partial charge < -0.3 is 14.7 Å². The van der Waals surface area contributed by atoms with E-state index in [1.54, 1.807) is 0 Å². The highest BCUT2D eigenvalue weighted by Gasteiger charge is 2.18. The Morgan fingerprint density at radius 2 is 2.12 bits per heavy atom. The first-order valence-corrected chi connectivity index (χ1v) is 11.1. The first kappa shape index (κ1) is 21.9. The van der Waals surface area contributed by atoms with Crippen LogP contribution in [0.15, 0.2) is 35.1 Å². The summed E-state index contributed by atoms with van der Waals surface area (Å²) in [5.41, 5.74) is 2.60. The van der Waals surface area contributed by atoms with Crippen LogP contribution < -0.4 is 10.2 Å². The second-order valence-electron chi connectivity index (χ2n) is 8.27. The standard InChI is InChI=1S/C22H30N8O2/c1-16-4-3-5-18(14-16)30-12-10-29(11-13-30)9-8-17(2)25-19(31)6-7-20-26-22(28-32-20)21-23-15-24-27-21/h3-5,14-15,17H,6-13H2,1-2H3,(H,25,31)(H,23,24,27). The molecule has 2 N–H and O–H groups in total. The summed E-state index contributed by atoms with van der Waals surface area (Å²) in [6.07, 6.45) is 2.99. The number of hydrogen-bond acceptors (Lipinski definition) is 8. The highest BCUT2D eigenvalue weighted by Crippen LogP contribution is 2.18. The number of nitrogens with zero attached hydrogens (tertiary/aromatic N) is 6. The zero-order valence-corrected chi connectivity index (χ0v) is 18.6. The minimum absolute atomic E-state index is 0.0128. The van der Waals surface area contributed by atoms with Gasteiger partial charge in [0.1, 0.15) is 6.33 Å². The highest BCUT2D eigenvalue weighted by molar-refractivity contribution is 5.76. The molecule has 1 saturated heterocycles. The average molecular weight is 439 g/mol. The van der Waals surface area contributed by atoms with Gasteiger partial charge in [-0.05, 0) is 38.0 Å². The van der Waals surface area contributed by atoms with E-state index in [2.05, 4.69) is 78.6 Å². The Kier molecular flexibility index (Phi) is 7.10. The Morgan fingerprint density at radius 1 is 1.28 bits per heavy atom. The van der Waals surface area contributed by atoms with Gasteiger partial charge in [-0.25, -0.2) is 4.98 Å². The van der Waals surface area contributed by atoms with Gasteiger partial charge in [0.15, 0.2) is 5.82 Å². The Morgan fingerprint density at radius 3 is 2.88 bits per heavy atom. The first-order valence-electron chi connectivity index (χ1n) is 11.1. The Bertz CT molecular complexity index is 995. The van der Waals surface area contributed by atoms with Crippen LogP contribution in [-0.2, 0) is 11.2 Å². The molecule has 0 radical (unpaired) electrons. The van der Waals surface area contributed by atoms with Gasteiger partial charge in [0.25, 0.3) is 0 Å². The summed E-state index contributed by atoms with van der Waals surface area (Å²) in [4.78, 5) is 25.4. The van der Waals surface area contributed by atoms with Crippen molar-refractivity contribution >= 4 is 11.6 Å². The minimum Gasteiger partial charge on any atom is -0.369 e. The molecule has 10 nitrogen and oxygen atoms in total. The third kappa shape index (κ3) is 5.91. The monoisotopic (exact) mass is 438 g/mol. The van der Waals surface area contributed by atoms with E-state index in [1.807, 2.05) is 0 Å². The highest BCUT2D eigenvalue weighted by atomic mass is 16.5. The van der Waals surface area contributed by atoms with Crippen molar-refractivity contribution in [2.75, 3.05) is 37.6 Å². The molecule has 1 fully saturated rings. The molecule has 0 aliphatic carbocycles. The van der Waals surface area contributed by atoms with Gasteiger partial charge in [0.2, 0.25) is 17.6 Å². The molecule has 2 aromatic heterocycles. The summed E-state index contributed by atoms with van der Waals surface area (Å²) >= 11 is 0. The van der Waals surface area contributed by atoms with E-state index in [0.29, 0.717) is 30.4 Å². The molecule has 4 rings (SSSR count). The number of H-pyrrole nitrogens is 1. The van der Waals surface area contributed by atoms with Crippen LogP contribution in [0, 0.1) is 6.92 Å². The molecule has 3 heterocycles. The van der Waals surface area contributed by atoms with E-state index in [1.165, 1.54) is 17.6 Å². The van der Waals surface area contributed by atoms with Crippen molar-refractivity contribution in [2.24, 2.45) is 0 Å². The second kappa shape index (κ2) is 10.4. The van der Waals surface area contributed by atoms with E-state index < -0.39 is 0 Å². The summed E-state index contributed by atoms with van der Waals surface area (Å²) < 4.78 is 5.18. The number of anilines is 1. The number of nitrogens with one attached hydrogen (secondary N) is 2. The van der Waals surface area contributed by atoms with Crippen LogP contribution in [0.4, 0.5) is 5.69 Å². The number of amides is 1. The number of rotatable bonds is 9. The number of benzene rings is 1. The molecular formula is C22H30N8O2. The van der Waals surface area contributed by atoms with E-state index >= 15 is 0 Å². The first-order chi connectivity index (χ1) is 15.6. The molecule has 32 heavy (non-hydrogen) atoms. The maximum absolute atomic E-state index is 12.3. The summed E-state index contributed by atoms with van der Waals surface area (Å²) in [6, 6.07) is 8.80. The van der Waals surface area contributed by atoms with Crippen molar-refractivity contribution in [3.05, 3.63) is 42.0 Å².